The largest absolute Gasteiger partial charge is 0.381 e. The molecular formula is C21H23ClN4O. The van der Waals surface area contributed by atoms with Crippen LogP contribution in [0.2, 0.25) is 5.02 Å². The Balaban J connectivity index is 1.48. The lowest BCUT2D eigenvalue weighted by atomic mass is 10.0. The third-order valence-corrected chi connectivity index (χ3v) is 5.44. The molecule has 140 valence electrons. The van der Waals surface area contributed by atoms with Crippen molar-refractivity contribution < 1.29 is 4.79 Å². The smallest absolute Gasteiger partial charge is 0.274 e. The molecule has 0 aliphatic carbocycles. The van der Waals surface area contributed by atoms with Crippen LogP contribution in [0.1, 0.15) is 34.5 Å². The number of hydrogen-bond donors (Lipinski definition) is 1. The molecule has 1 fully saturated rings. The third kappa shape index (κ3) is 3.78. The molecular weight excluding hydrogens is 360 g/mol. The minimum Gasteiger partial charge on any atom is -0.381 e. The van der Waals surface area contributed by atoms with Gasteiger partial charge >= 0.3 is 0 Å². The van der Waals surface area contributed by atoms with E-state index in [2.05, 4.69) is 42.3 Å². The summed E-state index contributed by atoms with van der Waals surface area (Å²) >= 11 is 6.02. The Morgan fingerprint density at radius 3 is 2.85 bits per heavy atom. The average Bonchev–Trinajstić information content (AvgIpc) is 3.07. The Bertz CT molecular complexity index is 997. The number of carbonyl (C=O) groups is 1. The molecule has 6 heteroatoms. The summed E-state index contributed by atoms with van der Waals surface area (Å²) in [6.45, 7) is 5.67. The molecule has 1 aromatic carbocycles. The fourth-order valence-electron chi connectivity index (χ4n) is 3.58. The topological polar surface area (TPSA) is 49.6 Å². The van der Waals surface area contributed by atoms with Gasteiger partial charge in [0.15, 0.2) is 0 Å². The number of amides is 1. The Labute approximate surface area is 164 Å². The standard InChI is InChI=1S/C21H23ClN4O/c1-14-5-7-17(10-15(14)2)23-18-4-3-9-25(12-18)21(27)19-13-26-11-16(22)6-8-20(26)24-19/h5-8,10-11,13,18,23H,3-4,9,12H2,1-2H3/t18-/m1/s1. The number of imidazole rings is 1. The van der Waals surface area contributed by atoms with Gasteiger partial charge in [-0.3, -0.25) is 4.79 Å². The van der Waals surface area contributed by atoms with Crippen molar-refractivity contribution in [3.8, 4) is 0 Å². The van der Waals surface area contributed by atoms with Crippen LogP contribution in [0.15, 0.2) is 42.7 Å². The van der Waals surface area contributed by atoms with Gasteiger partial charge in [0.25, 0.3) is 5.91 Å². The van der Waals surface area contributed by atoms with Crippen molar-refractivity contribution in [1.29, 1.82) is 0 Å². The molecule has 5 nitrogen and oxygen atoms in total. The van der Waals surface area contributed by atoms with Gasteiger partial charge in [0.1, 0.15) is 11.3 Å². The first-order chi connectivity index (χ1) is 13.0. The monoisotopic (exact) mass is 382 g/mol. The van der Waals surface area contributed by atoms with E-state index in [4.69, 9.17) is 11.6 Å². The van der Waals surface area contributed by atoms with Crippen LogP contribution in [-0.2, 0) is 0 Å². The number of piperidine rings is 1. The molecule has 1 aliphatic rings. The quantitative estimate of drug-likeness (QED) is 0.733. The predicted octanol–water partition coefficient (Wildman–Crippen LogP) is 4.32. The zero-order valence-electron chi connectivity index (χ0n) is 15.6. The van der Waals surface area contributed by atoms with Crippen LogP contribution in [0, 0.1) is 13.8 Å². The molecule has 4 rings (SSSR count). The molecule has 0 spiro atoms. The number of aryl methyl sites for hydroxylation is 2. The van der Waals surface area contributed by atoms with Crippen LogP contribution < -0.4 is 5.32 Å². The lowest BCUT2D eigenvalue weighted by Gasteiger charge is -2.33. The predicted molar refractivity (Wildman–Crippen MR) is 109 cm³/mol. The highest BCUT2D eigenvalue weighted by Gasteiger charge is 2.26. The summed E-state index contributed by atoms with van der Waals surface area (Å²) in [6, 6.07) is 10.3. The number of fused-ring (bicyclic) bond motifs is 1. The number of benzene rings is 1. The number of anilines is 1. The van der Waals surface area contributed by atoms with Crippen molar-refractivity contribution >= 4 is 28.8 Å². The van der Waals surface area contributed by atoms with E-state index in [0.717, 1.165) is 30.7 Å². The number of carbonyl (C=O) groups excluding carboxylic acids is 1. The molecule has 27 heavy (non-hydrogen) atoms. The minimum atomic E-state index is -0.0265. The average molecular weight is 383 g/mol. The highest BCUT2D eigenvalue weighted by atomic mass is 35.5. The van der Waals surface area contributed by atoms with Gasteiger partial charge in [0.05, 0.1) is 5.02 Å². The van der Waals surface area contributed by atoms with Gasteiger partial charge < -0.3 is 14.6 Å². The van der Waals surface area contributed by atoms with Gasteiger partial charge in [-0.05, 0) is 62.1 Å². The van der Waals surface area contributed by atoms with E-state index >= 15 is 0 Å². The van der Waals surface area contributed by atoms with Crippen LogP contribution in [0.5, 0.6) is 0 Å². The van der Waals surface area contributed by atoms with Crippen molar-refractivity contribution in [3.63, 3.8) is 0 Å². The van der Waals surface area contributed by atoms with E-state index in [-0.39, 0.29) is 11.9 Å². The summed E-state index contributed by atoms with van der Waals surface area (Å²) in [5.41, 5.74) is 4.86. The molecule has 0 bridgehead atoms. The van der Waals surface area contributed by atoms with E-state index in [1.54, 1.807) is 22.9 Å². The second-order valence-electron chi connectivity index (χ2n) is 7.27. The molecule has 1 N–H and O–H groups in total. The summed E-state index contributed by atoms with van der Waals surface area (Å²) in [4.78, 5) is 19.3. The van der Waals surface area contributed by atoms with E-state index in [0.29, 0.717) is 17.3 Å². The number of nitrogens with zero attached hydrogens (tertiary/aromatic N) is 3. The van der Waals surface area contributed by atoms with Crippen LogP contribution in [0.25, 0.3) is 5.65 Å². The van der Waals surface area contributed by atoms with Crippen LogP contribution in [0.3, 0.4) is 0 Å². The van der Waals surface area contributed by atoms with E-state index in [9.17, 15) is 4.79 Å². The Kier molecular flexibility index (Phi) is 4.79. The number of nitrogens with one attached hydrogen (secondary N) is 1. The maximum atomic E-state index is 12.9. The maximum absolute atomic E-state index is 12.9. The zero-order chi connectivity index (χ0) is 19.0. The van der Waals surface area contributed by atoms with Gasteiger partial charge in [-0.1, -0.05) is 17.7 Å². The molecule has 3 heterocycles. The van der Waals surface area contributed by atoms with Crippen molar-refractivity contribution in [2.45, 2.75) is 32.7 Å². The summed E-state index contributed by atoms with van der Waals surface area (Å²) < 4.78 is 1.80. The summed E-state index contributed by atoms with van der Waals surface area (Å²) in [5, 5.41) is 4.20. The second kappa shape index (κ2) is 7.24. The molecule has 1 amide bonds. The normalized spacial score (nSPS) is 17.3. The van der Waals surface area contributed by atoms with Gasteiger partial charge in [0, 0.05) is 37.2 Å². The third-order valence-electron chi connectivity index (χ3n) is 5.22. The molecule has 0 saturated carbocycles. The number of pyridine rings is 1. The lowest BCUT2D eigenvalue weighted by molar-refractivity contribution is 0.0709. The Morgan fingerprint density at radius 1 is 1.19 bits per heavy atom. The summed E-state index contributed by atoms with van der Waals surface area (Å²) in [6.07, 6.45) is 5.55. The van der Waals surface area contributed by atoms with Crippen LogP contribution in [0.4, 0.5) is 5.69 Å². The molecule has 2 aromatic heterocycles. The summed E-state index contributed by atoms with van der Waals surface area (Å²) in [7, 11) is 0. The first kappa shape index (κ1) is 17.9. The molecule has 0 unspecified atom stereocenters. The Morgan fingerprint density at radius 2 is 2.04 bits per heavy atom. The van der Waals surface area contributed by atoms with Gasteiger partial charge in [-0.2, -0.15) is 0 Å². The van der Waals surface area contributed by atoms with E-state index in [1.807, 2.05) is 11.0 Å². The van der Waals surface area contributed by atoms with E-state index in [1.165, 1.54) is 11.1 Å². The molecule has 1 aliphatic heterocycles. The fraction of sp³-hybridized carbons (Fsp3) is 0.333. The first-order valence-electron chi connectivity index (χ1n) is 9.27. The first-order valence-corrected chi connectivity index (χ1v) is 9.65. The highest BCUT2D eigenvalue weighted by molar-refractivity contribution is 6.30. The molecule has 1 saturated heterocycles. The fourth-order valence-corrected chi connectivity index (χ4v) is 3.74. The maximum Gasteiger partial charge on any atom is 0.274 e. The van der Waals surface area contributed by atoms with Crippen LogP contribution >= 0.6 is 11.6 Å². The second-order valence-corrected chi connectivity index (χ2v) is 7.71. The number of hydrogen-bond acceptors (Lipinski definition) is 3. The number of aromatic nitrogens is 2. The molecule has 3 aromatic rings. The van der Waals surface area contributed by atoms with Crippen molar-refractivity contribution in [3.05, 3.63) is 64.6 Å². The minimum absolute atomic E-state index is 0.0265. The number of likely N-dealkylation sites (tertiary alicyclic amines) is 1. The lowest BCUT2D eigenvalue weighted by Crippen LogP contribution is -2.45. The van der Waals surface area contributed by atoms with Crippen molar-refractivity contribution in [1.82, 2.24) is 14.3 Å². The van der Waals surface area contributed by atoms with E-state index < -0.39 is 0 Å². The summed E-state index contributed by atoms with van der Waals surface area (Å²) in [5.74, 6) is -0.0265. The van der Waals surface area contributed by atoms with Gasteiger partial charge in [0.2, 0.25) is 0 Å². The Hall–Kier alpha value is -2.53. The SMILES string of the molecule is Cc1ccc(N[C@@H]2CCCN(C(=O)c3cn4cc(Cl)ccc4n3)C2)cc1C. The van der Waals surface area contributed by atoms with Crippen LogP contribution in [-0.4, -0.2) is 39.3 Å². The number of rotatable bonds is 3. The van der Waals surface area contributed by atoms with Crippen molar-refractivity contribution in [2.24, 2.45) is 0 Å². The van der Waals surface area contributed by atoms with Gasteiger partial charge in [-0.25, -0.2) is 4.98 Å². The van der Waals surface area contributed by atoms with Gasteiger partial charge in [-0.15, -0.1) is 0 Å². The highest BCUT2D eigenvalue weighted by Crippen LogP contribution is 2.20. The molecule has 1 atom stereocenters. The van der Waals surface area contributed by atoms with Crippen molar-refractivity contribution in [2.75, 3.05) is 18.4 Å². The number of halogens is 1. The zero-order valence-corrected chi connectivity index (χ0v) is 16.3. The molecule has 0 radical (unpaired) electrons.